The zero-order chi connectivity index (χ0) is 41.4. The summed E-state index contributed by atoms with van der Waals surface area (Å²) in [6, 6.07) is 60.5. The van der Waals surface area contributed by atoms with E-state index >= 15 is 0 Å². The number of aromatic nitrogens is 4. The molecule has 2 bridgehead atoms. The van der Waals surface area contributed by atoms with Crippen LogP contribution in [0.1, 0.15) is 16.9 Å². The molecule has 0 saturated heterocycles. The van der Waals surface area contributed by atoms with Crippen LogP contribution in [0.4, 0.5) is 0 Å². The molecule has 0 spiro atoms. The van der Waals surface area contributed by atoms with E-state index in [9.17, 15) is 0 Å². The molecule has 7 aromatic carbocycles. The highest BCUT2D eigenvalue weighted by molar-refractivity contribution is 6.21. The number of fused-ring (bicyclic) bond motifs is 10. The van der Waals surface area contributed by atoms with Gasteiger partial charge in [-0.2, -0.15) is 0 Å². The van der Waals surface area contributed by atoms with Crippen LogP contribution in [0.2, 0.25) is 0 Å². The Morgan fingerprint density at radius 1 is 0.413 bits per heavy atom. The van der Waals surface area contributed by atoms with Gasteiger partial charge < -0.3 is 13.2 Å². The normalized spacial score (nSPS) is 12.4. The van der Waals surface area contributed by atoms with Crippen molar-refractivity contribution in [3.63, 3.8) is 0 Å². The average molecular weight is 808 g/mol. The van der Waals surface area contributed by atoms with Crippen LogP contribution in [-0.2, 0) is 0 Å². The Morgan fingerprint density at radius 3 is 1.90 bits per heavy atom. The molecule has 294 valence electrons. The molecule has 0 N–H and O–H groups in total. The minimum absolute atomic E-state index is 0.534. The van der Waals surface area contributed by atoms with Gasteiger partial charge in [-0.15, -0.1) is 0 Å². The minimum atomic E-state index is 0.534. The number of hydrogen-bond acceptors (Lipinski definition) is 6. The van der Waals surface area contributed by atoms with Crippen LogP contribution < -0.4 is 5.22 Å². The van der Waals surface area contributed by atoms with Crippen LogP contribution in [0.3, 0.4) is 0 Å². The first kappa shape index (κ1) is 35.1. The van der Waals surface area contributed by atoms with E-state index in [4.69, 9.17) is 28.8 Å². The molecular weight excluding hydrogens is 775 g/mol. The van der Waals surface area contributed by atoms with Crippen molar-refractivity contribution < 1.29 is 8.83 Å². The van der Waals surface area contributed by atoms with E-state index in [1.807, 2.05) is 60.9 Å². The molecular formula is C56H33N5O2. The Kier molecular flexibility index (Phi) is 7.77. The van der Waals surface area contributed by atoms with Crippen molar-refractivity contribution in [2.45, 2.75) is 0 Å². The molecule has 5 aromatic heterocycles. The lowest BCUT2D eigenvalue weighted by molar-refractivity contribution is 0.607. The molecule has 0 saturated carbocycles. The lowest BCUT2D eigenvalue weighted by Crippen LogP contribution is -2.02. The fourth-order valence-corrected chi connectivity index (χ4v) is 9.35. The maximum absolute atomic E-state index is 6.77. The van der Waals surface area contributed by atoms with E-state index in [1.165, 1.54) is 0 Å². The third-order valence-corrected chi connectivity index (χ3v) is 12.2. The predicted molar refractivity (Wildman–Crippen MR) is 255 cm³/mol. The Morgan fingerprint density at radius 2 is 1.05 bits per heavy atom. The second-order valence-electron chi connectivity index (χ2n) is 15.8. The molecule has 63 heavy (non-hydrogen) atoms. The monoisotopic (exact) mass is 807 g/mol. The number of aliphatic imine (C=N–C) groups is 1. The molecule has 7 heteroatoms. The second-order valence-corrected chi connectivity index (χ2v) is 15.8. The summed E-state index contributed by atoms with van der Waals surface area (Å²) in [6.45, 7) is 0. The SMILES string of the molecule is C1=Cc2c3ccccc3n3c2ccc(c2cccc4oc5cccc3c5c42)=Cc2c(oc3cccc(-c4nc(-c5ccccc5)nc(-c5cccc(-c6ccccc6)c5)n4)c23)C=N1. The number of benzene rings is 7. The Balaban J connectivity index is 1.13. The molecule has 6 heterocycles. The molecule has 0 fully saturated rings. The van der Waals surface area contributed by atoms with Crippen molar-refractivity contribution in [2.75, 3.05) is 0 Å². The van der Waals surface area contributed by atoms with E-state index in [0.717, 1.165) is 98.8 Å². The van der Waals surface area contributed by atoms with Gasteiger partial charge in [-0.1, -0.05) is 133 Å². The van der Waals surface area contributed by atoms with Crippen LogP contribution in [0.15, 0.2) is 196 Å². The first-order valence-corrected chi connectivity index (χ1v) is 20.9. The van der Waals surface area contributed by atoms with Crippen molar-refractivity contribution in [2.24, 2.45) is 4.99 Å². The minimum Gasteiger partial charge on any atom is -0.456 e. The number of hydrogen-bond donors (Lipinski definition) is 0. The van der Waals surface area contributed by atoms with Gasteiger partial charge in [0.05, 0.1) is 28.2 Å². The smallest absolute Gasteiger partial charge is 0.164 e. The third-order valence-electron chi connectivity index (χ3n) is 12.2. The molecule has 0 unspecified atom stereocenters. The zero-order valence-corrected chi connectivity index (χ0v) is 33.6. The quantitative estimate of drug-likeness (QED) is 0.177. The Labute approximate surface area is 359 Å². The van der Waals surface area contributed by atoms with Gasteiger partial charge in [-0.05, 0) is 76.3 Å². The van der Waals surface area contributed by atoms with Crippen molar-refractivity contribution in [1.82, 2.24) is 19.4 Å². The summed E-state index contributed by atoms with van der Waals surface area (Å²) in [5.74, 6) is 2.30. The summed E-state index contributed by atoms with van der Waals surface area (Å²) in [7, 11) is 0. The van der Waals surface area contributed by atoms with Gasteiger partial charge in [-0.3, -0.25) is 4.99 Å². The summed E-state index contributed by atoms with van der Waals surface area (Å²) in [5, 5.41) is 6.13. The number of nitrogens with zero attached hydrogens (tertiary/aromatic N) is 5. The average Bonchev–Trinajstić information content (AvgIpc) is 4.01. The highest BCUT2D eigenvalue weighted by atomic mass is 16.3. The third kappa shape index (κ3) is 5.60. The van der Waals surface area contributed by atoms with E-state index in [0.29, 0.717) is 28.8 Å². The summed E-state index contributed by atoms with van der Waals surface area (Å²) >= 11 is 0. The number of furan rings is 2. The first-order valence-electron chi connectivity index (χ1n) is 20.9. The standard InChI is InChI=1S/C56H33N5O2/c1-3-13-34(14-4-1)36-17-9-18-38(31-36)55-58-54(35-15-5-2-6-16-35)59-56(60-55)42-21-11-24-47-51(42)43-32-37-27-28-45-41(29-30-57-33-50(43)63-47)40-19-7-8-22-44(40)61(45)46-23-12-26-49-53(46)52-39(37)20-10-25-48(52)62-49/h1-33H. The van der Waals surface area contributed by atoms with Gasteiger partial charge >= 0.3 is 0 Å². The van der Waals surface area contributed by atoms with E-state index in [-0.39, 0.29) is 0 Å². The summed E-state index contributed by atoms with van der Waals surface area (Å²) in [6.07, 6.45) is 7.97. The lowest BCUT2D eigenvalue weighted by Gasteiger charge is -2.10. The molecule has 0 amide bonds. The van der Waals surface area contributed by atoms with Crippen LogP contribution in [0, 0.1) is 0 Å². The van der Waals surface area contributed by atoms with Crippen LogP contribution in [0.5, 0.6) is 0 Å². The fraction of sp³-hybridized carbons (Fsp3) is 0. The van der Waals surface area contributed by atoms with Crippen LogP contribution >= 0.6 is 0 Å². The van der Waals surface area contributed by atoms with Crippen molar-refractivity contribution >= 4 is 78.6 Å². The molecule has 7 nitrogen and oxygen atoms in total. The highest BCUT2D eigenvalue weighted by Gasteiger charge is 2.22. The van der Waals surface area contributed by atoms with Crippen molar-refractivity contribution in [1.29, 1.82) is 0 Å². The van der Waals surface area contributed by atoms with E-state index in [2.05, 4.69) is 144 Å². The van der Waals surface area contributed by atoms with Gasteiger partial charge in [-0.25, -0.2) is 15.0 Å². The molecule has 0 atom stereocenters. The Hall–Kier alpha value is -8.68. The molecule has 12 aromatic rings. The summed E-state index contributed by atoms with van der Waals surface area (Å²) < 4.78 is 15.8. The van der Waals surface area contributed by atoms with E-state index in [1.54, 1.807) is 0 Å². The fourth-order valence-electron chi connectivity index (χ4n) is 9.35. The van der Waals surface area contributed by atoms with E-state index < -0.39 is 0 Å². The zero-order valence-electron chi connectivity index (χ0n) is 33.6. The van der Waals surface area contributed by atoms with Gasteiger partial charge in [0.25, 0.3) is 0 Å². The first-order chi connectivity index (χ1) is 31.2. The molecule has 0 radical (unpaired) electrons. The Bertz CT molecular complexity index is 3970. The van der Waals surface area contributed by atoms with Crippen LogP contribution in [-0.4, -0.2) is 25.6 Å². The molecule has 1 aliphatic heterocycles. The molecule has 1 aliphatic rings. The topological polar surface area (TPSA) is 81.7 Å². The maximum Gasteiger partial charge on any atom is 0.164 e. The molecule has 0 aliphatic carbocycles. The van der Waals surface area contributed by atoms with Gasteiger partial charge in [0.15, 0.2) is 23.2 Å². The largest absolute Gasteiger partial charge is 0.456 e. The molecule has 13 rings (SSSR count). The highest BCUT2D eigenvalue weighted by Crippen LogP contribution is 2.39. The number of para-hydroxylation sites is 1. The second kappa shape index (κ2) is 13.9. The summed E-state index contributed by atoms with van der Waals surface area (Å²) in [5.41, 5.74) is 12.3. The maximum atomic E-state index is 6.77. The lowest BCUT2D eigenvalue weighted by atomic mass is 10.0. The van der Waals surface area contributed by atoms with Gasteiger partial charge in [0.2, 0.25) is 0 Å². The predicted octanol–water partition coefficient (Wildman–Crippen LogP) is 13.3. The van der Waals surface area contributed by atoms with Crippen molar-refractivity contribution in [3.05, 3.63) is 204 Å². The summed E-state index contributed by atoms with van der Waals surface area (Å²) in [4.78, 5) is 20.4. The van der Waals surface area contributed by atoms with Gasteiger partial charge in [0.1, 0.15) is 16.7 Å². The van der Waals surface area contributed by atoms with Crippen molar-refractivity contribution in [3.8, 4) is 45.3 Å². The van der Waals surface area contributed by atoms with Gasteiger partial charge in [0, 0.05) is 50.2 Å². The number of rotatable bonds is 4. The van der Waals surface area contributed by atoms with Crippen LogP contribution in [0.25, 0.3) is 118 Å².